The molecular formula is C10H17F3N2. The van der Waals surface area contributed by atoms with Gasteiger partial charge in [-0.1, -0.05) is 0 Å². The highest BCUT2D eigenvalue weighted by Gasteiger charge is 2.42. The molecular weight excluding hydrogens is 205 g/mol. The Labute approximate surface area is 87.8 Å². The van der Waals surface area contributed by atoms with Crippen molar-refractivity contribution in [1.29, 1.82) is 0 Å². The van der Waals surface area contributed by atoms with Gasteiger partial charge in [0, 0.05) is 6.54 Å². The topological polar surface area (TPSA) is 15.3 Å². The lowest BCUT2D eigenvalue weighted by Gasteiger charge is -2.34. The zero-order valence-electron chi connectivity index (χ0n) is 8.74. The van der Waals surface area contributed by atoms with Gasteiger partial charge in [-0.05, 0) is 44.3 Å². The third kappa shape index (κ3) is 2.84. The van der Waals surface area contributed by atoms with Crippen molar-refractivity contribution in [1.82, 2.24) is 10.2 Å². The molecule has 0 amide bonds. The third-order valence-electron chi connectivity index (χ3n) is 3.58. The standard InChI is InChI=1S/C10H17F3N2/c11-10(12,13)8-15-6-3-9(7-15)1-4-14-5-2-9/h14H,1-8H2. The lowest BCUT2D eigenvalue weighted by atomic mass is 9.78. The Kier molecular flexibility index (Phi) is 2.94. The number of hydrogen-bond donors (Lipinski definition) is 1. The summed E-state index contributed by atoms with van der Waals surface area (Å²) in [5.41, 5.74) is 0.177. The summed E-state index contributed by atoms with van der Waals surface area (Å²) in [5, 5.41) is 3.26. The van der Waals surface area contributed by atoms with E-state index in [1.54, 1.807) is 4.90 Å². The summed E-state index contributed by atoms with van der Waals surface area (Å²) in [6, 6.07) is 0. The molecule has 2 heterocycles. The van der Waals surface area contributed by atoms with E-state index in [1.165, 1.54) is 0 Å². The molecule has 0 atom stereocenters. The van der Waals surface area contributed by atoms with E-state index in [2.05, 4.69) is 5.32 Å². The Morgan fingerprint density at radius 1 is 1.13 bits per heavy atom. The molecule has 15 heavy (non-hydrogen) atoms. The van der Waals surface area contributed by atoms with Crippen LogP contribution in [-0.2, 0) is 0 Å². The van der Waals surface area contributed by atoms with Crippen LogP contribution < -0.4 is 5.32 Å². The quantitative estimate of drug-likeness (QED) is 0.725. The zero-order valence-corrected chi connectivity index (χ0v) is 8.74. The summed E-state index contributed by atoms with van der Waals surface area (Å²) < 4.78 is 36.6. The lowest BCUT2D eigenvalue weighted by Crippen LogP contribution is -2.40. The van der Waals surface area contributed by atoms with Gasteiger partial charge < -0.3 is 5.32 Å². The molecule has 1 spiro atoms. The van der Waals surface area contributed by atoms with Crippen molar-refractivity contribution in [3.05, 3.63) is 0 Å². The second-order valence-corrected chi connectivity index (χ2v) is 4.83. The van der Waals surface area contributed by atoms with E-state index in [1.807, 2.05) is 0 Å². The van der Waals surface area contributed by atoms with Crippen LogP contribution in [-0.4, -0.2) is 43.8 Å². The SMILES string of the molecule is FC(F)(F)CN1CCC2(CCNCC2)C1. The Morgan fingerprint density at radius 2 is 1.80 bits per heavy atom. The second kappa shape index (κ2) is 3.94. The monoisotopic (exact) mass is 222 g/mol. The molecule has 88 valence electrons. The van der Waals surface area contributed by atoms with Crippen LogP contribution in [0.1, 0.15) is 19.3 Å². The first-order chi connectivity index (χ1) is 6.99. The first-order valence-electron chi connectivity index (χ1n) is 5.49. The molecule has 0 saturated carbocycles. The maximum absolute atomic E-state index is 12.2. The molecule has 2 aliphatic heterocycles. The number of halogens is 3. The maximum Gasteiger partial charge on any atom is 0.401 e. The maximum atomic E-state index is 12.2. The van der Waals surface area contributed by atoms with E-state index in [-0.39, 0.29) is 5.41 Å². The van der Waals surface area contributed by atoms with Gasteiger partial charge in [-0.25, -0.2) is 0 Å². The number of rotatable bonds is 1. The first-order valence-corrected chi connectivity index (χ1v) is 5.49. The minimum Gasteiger partial charge on any atom is -0.317 e. The van der Waals surface area contributed by atoms with Gasteiger partial charge in [0.2, 0.25) is 0 Å². The van der Waals surface area contributed by atoms with E-state index in [4.69, 9.17) is 0 Å². The van der Waals surface area contributed by atoms with Crippen LogP contribution in [0.2, 0.25) is 0 Å². The molecule has 0 unspecified atom stereocenters. The van der Waals surface area contributed by atoms with E-state index in [0.717, 1.165) is 32.4 Å². The van der Waals surface area contributed by atoms with Gasteiger partial charge in [-0.15, -0.1) is 0 Å². The van der Waals surface area contributed by atoms with Gasteiger partial charge >= 0.3 is 6.18 Å². The van der Waals surface area contributed by atoms with Crippen LogP contribution in [0.5, 0.6) is 0 Å². The normalized spacial score (nSPS) is 27.4. The van der Waals surface area contributed by atoms with Crippen LogP contribution >= 0.6 is 0 Å². The predicted octanol–water partition coefficient (Wildman–Crippen LogP) is 1.62. The van der Waals surface area contributed by atoms with E-state index in [9.17, 15) is 13.2 Å². The van der Waals surface area contributed by atoms with Crippen LogP contribution in [0.25, 0.3) is 0 Å². The van der Waals surface area contributed by atoms with E-state index >= 15 is 0 Å². The molecule has 2 rings (SSSR count). The van der Waals surface area contributed by atoms with Crippen molar-refractivity contribution >= 4 is 0 Å². The van der Waals surface area contributed by atoms with E-state index in [0.29, 0.717) is 13.1 Å². The highest BCUT2D eigenvalue weighted by molar-refractivity contribution is 4.93. The molecule has 0 bridgehead atoms. The third-order valence-corrected chi connectivity index (χ3v) is 3.58. The Hall–Kier alpha value is -0.290. The first kappa shape index (κ1) is 11.2. The van der Waals surface area contributed by atoms with Crippen LogP contribution in [0, 0.1) is 5.41 Å². The molecule has 0 aromatic carbocycles. The number of nitrogens with zero attached hydrogens (tertiary/aromatic N) is 1. The largest absolute Gasteiger partial charge is 0.401 e. The molecule has 0 aromatic rings. The van der Waals surface area contributed by atoms with Crippen molar-refractivity contribution in [3.63, 3.8) is 0 Å². The summed E-state index contributed by atoms with van der Waals surface area (Å²) >= 11 is 0. The Morgan fingerprint density at radius 3 is 2.40 bits per heavy atom. The fraction of sp³-hybridized carbons (Fsp3) is 1.00. The molecule has 2 saturated heterocycles. The summed E-state index contributed by atoms with van der Waals surface area (Å²) in [6.07, 6.45) is -1.05. The zero-order chi connectivity index (χ0) is 10.9. The van der Waals surface area contributed by atoms with Gasteiger partial charge in [0.05, 0.1) is 6.54 Å². The predicted molar refractivity (Wildman–Crippen MR) is 51.6 cm³/mol. The van der Waals surface area contributed by atoms with Crippen molar-refractivity contribution in [2.45, 2.75) is 25.4 Å². The van der Waals surface area contributed by atoms with Gasteiger partial charge in [-0.2, -0.15) is 13.2 Å². The van der Waals surface area contributed by atoms with E-state index < -0.39 is 12.7 Å². The van der Waals surface area contributed by atoms with Crippen molar-refractivity contribution in [2.24, 2.45) is 5.41 Å². The summed E-state index contributed by atoms with van der Waals surface area (Å²) in [4.78, 5) is 1.56. The number of nitrogens with one attached hydrogen (secondary N) is 1. The summed E-state index contributed by atoms with van der Waals surface area (Å²) in [5.74, 6) is 0. The second-order valence-electron chi connectivity index (χ2n) is 4.83. The number of alkyl halides is 3. The fourth-order valence-corrected chi connectivity index (χ4v) is 2.78. The molecule has 0 aromatic heterocycles. The molecule has 0 aliphatic carbocycles. The number of piperidine rings is 1. The molecule has 0 radical (unpaired) electrons. The lowest BCUT2D eigenvalue weighted by molar-refractivity contribution is -0.144. The minimum atomic E-state index is -4.04. The average molecular weight is 222 g/mol. The summed E-state index contributed by atoms with van der Waals surface area (Å²) in [6.45, 7) is 2.43. The summed E-state index contributed by atoms with van der Waals surface area (Å²) in [7, 11) is 0. The molecule has 5 heteroatoms. The van der Waals surface area contributed by atoms with Crippen LogP contribution in [0.15, 0.2) is 0 Å². The smallest absolute Gasteiger partial charge is 0.317 e. The van der Waals surface area contributed by atoms with Crippen molar-refractivity contribution in [2.75, 3.05) is 32.7 Å². The van der Waals surface area contributed by atoms with Crippen LogP contribution in [0.3, 0.4) is 0 Å². The van der Waals surface area contributed by atoms with Gasteiger partial charge in [0.15, 0.2) is 0 Å². The van der Waals surface area contributed by atoms with Crippen molar-refractivity contribution < 1.29 is 13.2 Å². The highest BCUT2D eigenvalue weighted by atomic mass is 19.4. The molecule has 2 nitrogen and oxygen atoms in total. The average Bonchev–Trinajstić information content (AvgIpc) is 2.47. The number of likely N-dealkylation sites (tertiary alicyclic amines) is 1. The number of hydrogen-bond acceptors (Lipinski definition) is 2. The Bertz CT molecular complexity index is 221. The highest BCUT2D eigenvalue weighted by Crippen LogP contribution is 2.39. The Balaban J connectivity index is 1.88. The fourth-order valence-electron chi connectivity index (χ4n) is 2.78. The molecule has 2 aliphatic rings. The molecule has 1 N–H and O–H groups in total. The van der Waals surface area contributed by atoms with Gasteiger partial charge in [-0.3, -0.25) is 4.90 Å². The van der Waals surface area contributed by atoms with Gasteiger partial charge in [0.1, 0.15) is 0 Å². The van der Waals surface area contributed by atoms with Crippen molar-refractivity contribution in [3.8, 4) is 0 Å². The molecule has 2 fully saturated rings. The van der Waals surface area contributed by atoms with Gasteiger partial charge in [0.25, 0.3) is 0 Å². The van der Waals surface area contributed by atoms with Crippen LogP contribution in [0.4, 0.5) is 13.2 Å². The minimum absolute atomic E-state index is 0.177.